The van der Waals surface area contributed by atoms with E-state index in [0.717, 1.165) is 34.5 Å². The minimum atomic E-state index is -3.46. The molecule has 0 aliphatic carbocycles. The van der Waals surface area contributed by atoms with Gasteiger partial charge >= 0.3 is 0 Å². The van der Waals surface area contributed by atoms with Gasteiger partial charge in [0, 0.05) is 44.0 Å². The van der Waals surface area contributed by atoms with Gasteiger partial charge in [-0.1, -0.05) is 42.0 Å². The van der Waals surface area contributed by atoms with Crippen LogP contribution in [0.25, 0.3) is 0 Å². The minimum Gasteiger partial charge on any atom is -0.322 e. The number of anilines is 1. The standard InChI is InChI=1S/C27H31N3O3S/c1-20-5-12-25(13-6-20)34(32,33)30-16-14-29(15-17-30)19-23-8-10-24(11-9-23)27(31)28-26-18-21(2)4-7-22(26)3/h4-13,18H,14-17,19H2,1-3H3,(H,28,31). The Hall–Kier alpha value is -3.00. The molecular weight excluding hydrogens is 446 g/mol. The summed E-state index contributed by atoms with van der Waals surface area (Å²) in [7, 11) is -3.46. The number of nitrogens with zero attached hydrogens (tertiary/aromatic N) is 2. The van der Waals surface area contributed by atoms with Crippen molar-refractivity contribution in [3.63, 3.8) is 0 Å². The van der Waals surface area contributed by atoms with E-state index in [9.17, 15) is 13.2 Å². The van der Waals surface area contributed by atoms with Crippen LogP contribution >= 0.6 is 0 Å². The summed E-state index contributed by atoms with van der Waals surface area (Å²) >= 11 is 0. The molecular formula is C27H31N3O3S. The number of piperazine rings is 1. The molecule has 4 rings (SSSR count). The van der Waals surface area contributed by atoms with Crippen molar-refractivity contribution in [2.75, 3.05) is 31.5 Å². The van der Waals surface area contributed by atoms with E-state index in [1.54, 1.807) is 16.4 Å². The Morgan fingerprint density at radius 1 is 0.824 bits per heavy atom. The topological polar surface area (TPSA) is 69.7 Å². The lowest BCUT2D eigenvalue weighted by Crippen LogP contribution is -2.48. The van der Waals surface area contributed by atoms with E-state index in [2.05, 4.69) is 10.2 Å². The number of carbonyl (C=O) groups is 1. The molecule has 34 heavy (non-hydrogen) atoms. The maximum atomic E-state index is 12.9. The number of sulfonamides is 1. The van der Waals surface area contributed by atoms with Crippen LogP contribution in [0.15, 0.2) is 71.6 Å². The average molecular weight is 478 g/mol. The summed E-state index contributed by atoms with van der Waals surface area (Å²) in [6.07, 6.45) is 0. The van der Waals surface area contributed by atoms with Gasteiger partial charge in [0.1, 0.15) is 0 Å². The Kier molecular flexibility index (Phi) is 7.16. The first-order valence-corrected chi connectivity index (χ1v) is 12.9. The molecule has 0 aromatic heterocycles. The summed E-state index contributed by atoms with van der Waals surface area (Å²) in [5.41, 5.74) is 5.70. The van der Waals surface area contributed by atoms with Crippen LogP contribution in [0.4, 0.5) is 5.69 Å². The molecule has 3 aromatic carbocycles. The van der Waals surface area contributed by atoms with E-state index in [1.807, 2.05) is 75.4 Å². The van der Waals surface area contributed by atoms with Crippen LogP contribution in [0, 0.1) is 20.8 Å². The fourth-order valence-electron chi connectivity index (χ4n) is 4.07. The molecule has 1 N–H and O–H groups in total. The lowest BCUT2D eigenvalue weighted by atomic mass is 10.1. The van der Waals surface area contributed by atoms with E-state index < -0.39 is 10.0 Å². The van der Waals surface area contributed by atoms with Crippen LogP contribution in [0.2, 0.25) is 0 Å². The number of benzene rings is 3. The van der Waals surface area contributed by atoms with Crippen molar-refractivity contribution in [2.45, 2.75) is 32.2 Å². The molecule has 0 radical (unpaired) electrons. The van der Waals surface area contributed by atoms with Crippen molar-refractivity contribution in [3.05, 3.63) is 94.5 Å². The fraction of sp³-hybridized carbons (Fsp3) is 0.296. The Labute approximate surface area is 202 Å². The molecule has 1 fully saturated rings. The van der Waals surface area contributed by atoms with Gasteiger partial charge in [-0.3, -0.25) is 9.69 Å². The average Bonchev–Trinajstić information content (AvgIpc) is 2.82. The summed E-state index contributed by atoms with van der Waals surface area (Å²) in [6, 6.07) is 20.6. The molecule has 0 atom stereocenters. The molecule has 3 aromatic rings. The van der Waals surface area contributed by atoms with Crippen LogP contribution in [0.1, 0.15) is 32.6 Å². The summed E-state index contributed by atoms with van der Waals surface area (Å²) < 4.78 is 27.4. The number of carbonyl (C=O) groups excluding carboxylic acids is 1. The number of amides is 1. The lowest BCUT2D eigenvalue weighted by Gasteiger charge is -2.34. The van der Waals surface area contributed by atoms with Gasteiger partial charge < -0.3 is 5.32 Å². The lowest BCUT2D eigenvalue weighted by molar-refractivity contribution is 0.102. The molecule has 6 nitrogen and oxygen atoms in total. The predicted octanol–water partition coefficient (Wildman–Crippen LogP) is 4.37. The van der Waals surface area contributed by atoms with E-state index in [0.29, 0.717) is 36.6 Å². The van der Waals surface area contributed by atoms with E-state index in [4.69, 9.17) is 0 Å². The number of rotatable bonds is 6. The zero-order valence-corrected chi connectivity index (χ0v) is 20.7. The van der Waals surface area contributed by atoms with Gasteiger partial charge in [0.05, 0.1) is 4.90 Å². The van der Waals surface area contributed by atoms with Gasteiger partial charge in [0.2, 0.25) is 10.0 Å². The van der Waals surface area contributed by atoms with Crippen LogP contribution in [0.5, 0.6) is 0 Å². The predicted molar refractivity (Wildman–Crippen MR) is 136 cm³/mol. The smallest absolute Gasteiger partial charge is 0.255 e. The third-order valence-corrected chi connectivity index (χ3v) is 8.17. The zero-order valence-electron chi connectivity index (χ0n) is 19.9. The number of aryl methyl sites for hydroxylation is 3. The molecule has 1 aliphatic rings. The molecule has 1 amide bonds. The fourth-order valence-corrected chi connectivity index (χ4v) is 5.49. The molecule has 0 bridgehead atoms. The van der Waals surface area contributed by atoms with E-state index in [1.165, 1.54) is 0 Å². The molecule has 1 heterocycles. The molecule has 0 saturated carbocycles. The van der Waals surface area contributed by atoms with Crippen molar-refractivity contribution in [3.8, 4) is 0 Å². The molecule has 0 spiro atoms. The van der Waals surface area contributed by atoms with Crippen LogP contribution in [-0.4, -0.2) is 49.7 Å². The van der Waals surface area contributed by atoms with Crippen molar-refractivity contribution >= 4 is 21.6 Å². The quantitative estimate of drug-likeness (QED) is 0.572. The summed E-state index contributed by atoms with van der Waals surface area (Å²) in [4.78, 5) is 15.3. The number of hydrogen-bond acceptors (Lipinski definition) is 4. The summed E-state index contributed by atoms with van der Waals surface area (Å²) in [5.74, 6) is -0.129. The molecule has 1 aliphatic heterocycles. The number of nitrogens with one attached hydrogen (secondary N) is 1. The third-order valence-electron chi connectivity index (χ3n) is 6.25. The van der Waals surface area contributed by atoms with Gasteiger partial charge in [-0.05, 0) is 67.8 Å². The highest BCUT2D eigenvalue weighted by Gasteiger charge is 2.28. The first-order valence-electron chi connectivity index (χ1n) is 11.5. The van der Waals surface area contributed by atoms with E-state index in [-0.39, 0.29) is 5.91 Å². The second-order valence-corrected chi connectivity index (χ2v) is 10.9. The third kappa shape index (κ3) is 5.55. The van der Waals surface area contributed by atoms with Gasteiger partial charge in [-0.25, -0.2) is 8.42 Å². The second kappa shape index (κ2) is 10.1. The SMILES string of the molecule is Cc1ccc(S(=O)(=O)N2CCN(Cc3ccc(C(=O)Nc4cc(C)ccc4C)cc3)CC2)cc1. The maximum Gasteiger partial charge on any atom is 0.255 e. The van der Waals surface area contributed by atoms with Gasteiger partial charge in [0.15, 0.2) is 0 Å². The highest BCUT2D eigenvalue weighted by Crippen LogP contribution is 2.20. The summed E-state index contributed by atoms with van der Waals surface area (Å²) in [5, 5.41) is 2.99. The Bertz CT molecular complexity index is 1260. The van der Waals surface area contributed by atoms with Crippen molar-refractivity contribution in [2.24, 2.45) is 0 Å². The van der Waals surface area contributed by atoms with Crippen LogP contribution in [0.3, 0.4) is 0 Å². The Balaban J connectivity index is 1.32. The van der Waals surface area contributed by atoms with Gasteiger partial charge in [0.25, 0.3) is 5.91 Å². The Morgan fingerprint density at radius 3 is 2.09 bits per heavy atom. The highest BCUT2D eigenvalue weighted by molar-refractivity contribution is 7.89. The van der Waals surface area contributed by atoms with Crippen molar-refractivity contribution < 1.29 is 13.2 Å². The molecule has 0 unspecified atom stereocenters. The van der Waals surface area contributed by atoms with Crippen molar-refractivity contribution in [1.82, 2.24) is 9.21 Å². The zero-order chi connectivity index (χ0) is 24.3. The van der Waals surface area contributed by atoms with Crippen LogP contribution in [-0.2, 0) is 16.6 Å². The first kappa shape index (κ1) is 24.1. The first-order chi connectivity index (χ1) is 16.2. The van der Waals surface area contributed by atoms with Gasteiger partial charge in [-0.15, -0.1) is 0 Å². The largest absolute Gasteiger partial charge is 0.322 e. The van der Waals surface area contributed by atoms with Gasteiger partial charge in [-0.2, -0.15) is 4.31 Å². The maximum absolute atomic E-state index is 12.9. The second-order valence-electron chi connectivity index (χ2n) is 8.96. The minimum absolute atomic E-state index is 0.129. The Morgan fingerprint density at radius 2 is 1.44 bits per heavy atom. The monoisotopic (exact) mass is 477 g/mol. The molecule has 1 saturated heterocycles. The molecule has 7 heteroatoms. The normalized spacial score (nSPS) is 15.3. The number of hydrogen-bond donors (Lipinski definition) is 1. The highest BCUT2D eigenvalue weighted by atomic mass is 32.2. The van der Waals surface area contributed by atoms with Crippen molar-refractivity contribution in [1.29, 1.82) is 0 Å². The summed E-state index contributed by atoms with van der Waals surface area (Å²) in [6.45, 7) is 8.90. The van der Waals surface area contributed by atoms with Crippen LogP contribution < -0.4 is 5.32 Å². The van der Waals surface area contributed by atoms with E-state index >= 15 is 0 Å². The molecule has 178 valence electrons.